The van der Waals surface area contributed by atoms with Gasteiger partial charge in [0.25, 0.3) is 5.56 Å². The maximum absolute atomic E-state index is 14.5. The van der Waals surface area contributed by atoms with Crippen LogP contribution in [0.3, 0.4) is 0 Å². The number of hydrogen-bond donors (Lipinski definition) is 4. The van der Waals surface area contributed by atoms with Gasteiger partial charge in [0.05, 0.1) is 52.6 Å². The van der Waals surface area contributed by atoms with E-state index in [1.807, 2.05) is 0 Å². The molecule has 0 saturated carbocycles. The molecule has 2 amide bonds. The number of benzene rings is 1. The van der Waals surface area contributed by atoms with Gasteiger partial charge in [-0.1, -0.05) is 18.5 Å². The van der Waals surface area contributed by atoms with Crippen LogP contribution in [-0.2, 0) is 49.2 Å². The lowest BCUT2D eigenvalue weighted by Gasteiger charge is -2.31. The van der Waals surface area contributed by atoms with Crippen LogP contribution in [0.25, 0.3) is 22.3 Å². The molecule has 2 aliphatic rings. The molecule has 2 aliphatic heterocycles. The smallest absolute Gasteiger partial charge is 0.343 e. The maximum Gasteiger partial charge on any atom is 0.343 e. The van der Waals surface area contributed by atoms with Gasteiger partial charge in [0.2, 0.25) is 11.8 Å². The zero-order valence-electron chi connectivity index (χ0n) is 23.8. The van der Waals surface area contributed by atoms with Gasteiger partial charge >= 0.3 is 5.97 Å². The van der Waals surface area contributed by atoms with Crippen molar-refractivity contribution in [1.29, 1.82) is 0 Å². The van der Waals surface area contributed by atoms with E-state index in [0.29, 0.717) is 27.9 Å². The second-order valence-corrected chi connectivity index (χ2v) is 11.1. The van der Waals surface area contributed by atoms with Gasteiger partial charge in [-0.25, -0.2) is 14.2 Å². The van der Waals surface area contributed by atoms with Gasteiger partial charge in [-0.2, -0.15) is 0 Å². The van der Waals surface area contributed by atoms with Gasteiger partial charge in [0.15, 0.2) is 5.60 Å². The quantitative estimate of drug-likeness (QED) is 0.161. The summed E-state index contributed by atoms with van der Waals surface area (Å²) >= 11 is 6.12. The van der Waals surface area contributed by atoms with Gasteiger partial charge in [0.1, 0.15) is 19.2 Å². The number of aliphatic hydroxyl groups is 1. The van der Waals surface area contributed by atoms with E-state index in [9.17, 15) is 28.7 Å². The Morgan fingerprint density at radius 2 is 2.00 bits per heavy atom. The molecule has 5 N–H and O–H groups in total. The van der Waals surface area contributed by atoms with Gasteiger partial charge in [0, 0.05) is 29.1 Å². The van der Waals surface area contributed by atoms with E-state index in [-0.39, 0.29) is 72.7 Å². The first kappa shape index (κ1) is 30.5. The average Bonchev–Trinajstić information content (AvgIpc) is 3.32. The van der Waals surface area contributed by atoms with Gasteiger partial charge in [-0.3, -0.25) is 14.4 Å². The fourth-order valence-corrected chi connectivity index (χ4v) is 5.52. The molecule has 228 valence electrons. The predicted molar refractivity (Wildman–Crippen MR) is 153 cm³/mol. The van der Waals surface area contributed by atoms with Crippen LogP contribution in [0.15, 0.2) is 23.0 Å². The molecule has 0 radical (unpaired) electrons. The first-order chi connectivity index (χ1) is 20.3. The van der Waals surface area contributed by atoms with Crippen molar-refractivity contribution in [3.63, 3.8) is 0 Å². The number of amides is 2. The Kier molecular flexibility index (Phi) is 8.27. The number of cyclic esters (lactones) is 1. The third-order valence-corrected chi connectivity index (χ3v) is 8.10. The van der Waals surface area contributed by atoms with Crippen LogP contribution < -0.4 is 21.9 Å². The predicted octanol–water partition coefficient (Wildman–Crippen LogP) is 1.70. The molecule has 5 rings (SSSR count). The molecule has 3 aromatic rings. The van der Waals surface area contributed by atoms with Crippen LogP contribution >= 0.6 is 11.6 Å². The molecular weight excluding hydrogens is 585 g/mol. The highest BCUT2D eigenvalue weighted by atomic mass is 35.5. The molecule has 43 heavy (non-hydrogen) atoms. The molecule has 0 unspecified atom stereocenters. The van der Waals surface area contributed by atoms with E-state index in [0.717, 1.165) is 0 Å². The van der Waals surface area contributed by atoms with Crippen molar-refractivity contribution in [2.75, 3.05) is 6.73 Å². The molecule has 0 bridgehead atoms. The number of ether oxygens (including phenoxy) is 2. The second-order valence-electron chi connectivity index (χ2n) is 10.7. The number of pyridine rings is 2. The van der Waals surface area contributed by atoms with Gasteiger partial charge in [-0.15, -0.1) is 0 Å². The SMILES string of the molecule is CC[C@@]1(O)C(=O)OCc2c1cc1n(c2=O)Cc2c-1nc1cc(F)c(Cl)cc1c2CNC(=O)C[C@@H](C)OCNC(=O)[C@H](C)N. The molecule has 0 fully saturated rings. The largest absolute Gasteiger partial charge is 0.458 e. The number of nitrogens with zero attached hydrogens (tertiary/aromatic N) is 2. The number of rotatable bonds is 9. The number of carbonyl (C=O) groups excluding carboxylic acids is 3. The molecule has 0 aliphatic carbocycles. The van der Waals surface area contributed by atoms with E-state index in [1.54, 1.807) is 19.9 Å². The van der Waals surface area contributed by atoms with Crippen molar-refractivity contribution < 1.29 is 33.4 Å². The summed E-state index contributed by atoms with van der Waals surface area (Å²) in [6, 6.07) is 3.47. The Labute approximate surface area is 250 Å². The van der Waals surface area contributed by atoms with Crippen LogP contribution in [0, 0.1) is 5.82 Å². The summed E-state index contributed by atoms with van der Waals surface area (Å²) in [6.45, 7) is 4.52. The van der Waals surface area contributed by atoms with E-state index in [4.69, 9.17) is 26.8 Å². The van der Waals surface area contributed by atoms with Crippen molar-refractivity contribution >= 4 is 40.3 Å². The molecule has 2 aromatic heterocycles. The molecule has 4 heterocycles. The van der Waals surface area contributed by atoms with Gasteiger partial charge in [-0.05, 0) is 38.0 Å². The van der Waals surface area contributed by atoms with Crippen LogP contribution in [-0.4, -0.2) is 51.3 Å². The maximum atomic E-state index is 14.5. The zero-order valence-corrected chi connectivity index (χ0v) is 24.5. The number of nitrogens with two attached hydrogens (primary N) is 1. The Morgan fingerprint density at radius 3 is 2.70 bits per heavy atom. The number of fused-ring (bicyclic) bond motifs is 5. The van der Waals surface area contributed by atoms with E-state index >= 15 is 0 Å². The van der Waals surface area contributed by atoms with Crippen molar-refractivity contribution in [2.45, 2.75) is 71.1 Å². The third kappa shape index (κ3) is 5.49. The molecule has 14 heteroatoms. The first-order valence-corrected chi connectivity index (χ1v) is 14.1. The highest BCUT2D eigenvalue weighted by molar-refractivity contribution is 6.31. The molecule has 12 nitrogen and oxygen atoms in total. The Hall–Kier alpha value is -3.91. The Morgan fingerprint density at radius 1 is 1.26 bits per heavy atom. The van der Waals surface area contributed by atoms with Gasteiger partial charge < -0.3 is 35.5 Å². The van der Waals surface area contributed by atoms with Crippen molar-refractivity contribution in [3.05, 3.63) is 61.6 Å². The third-order valence-electron chi connectivity index (χ3n) is 7.81. The Bertz CT molecular complexity index is 1730. The fraction of sp³-hybridized carbons (Fsp3) is 0.414. The van der Waals surface area contributed by atoms with Crippen molar-refractivity contribution in [3.8, 4) is 11.4 Å². The van der Waals surface area contributed by atoms with Crippen LogP contribution in [0.2, 0.25) is 5.02 Å². The van der Waals surface area contributed by atoms with E-state index < -0.39 is 35.1 Å². The molecule has 3 atom stereocenters. The monoisotopic (exact) mass is 615 g/mol. The highest BCUT2D eigenvalue weighted by Crippen LogP contribution is 2.40. The summed E-state index contributed by atoms with van der Waals surface area (Å²) in [7, 11) is 0. The number of hydrogen-bond acceptors (Lipinski definition) is 9. The summed E-state index contributed by atoms with van der Waals surface area (Å²) in [5.41, 5.74) is 5.51. The minimum atomic E-state index is -2.00. The van der Waals surface area contributed by atoms with E-state index in [2.05, 4.69) is 15.6 Å². The first-order valence-electron chi connectivity index (χ1n) is 13.7. The van der Waals surface area contributed by atoms with Crippen LogP contribution in [0.5, 0.6) is 0 Å². The number of aromatic nitrogens is 2. The Balaban J connectivity index is 1.48. The number of carbonyl (C=O) groups is 3. The molecule has 0 spiro atoms. The summed E-state index contributed by atoms with van der Waals surface area (Å²) in [6.07, 6.45) is -0.570. The molecule has 1 aromatic carbocycles. The fourth-order valence-electron chi connectivity index (χ4n) is 5.35. The highest BCUT2D eigenvalue weighted by Gasteiger charge is 2.45. The number of esters is 1. The summed E-state index contributed by atoms with van der Waals surface area (Å²) in [5, 5.41) is 16.8. The van der Waals surface area contributed by atoms with Crippen molar-refractivity contribution in [2.24, 2.45) is 5.73 Å². The summed E-state index contributed by atoms with van der Waals surface area (Å²) in [4.78, 5) is 55.2. The summed E-state index contributed by atoms with van der Waals surface area (Å²) in [5.74, 6) is -2.27. The normalized spacial score (nSPS) is 18.3. The molecule has 0 saturated heterocycles. The average molecular weight is 616 g/mol. The van der Waals surface area contributed by atoms with Crippen molar-refractivity contribution in [1.82, 2.24) is 20.2 Å². The zero-order chi connectivity index (χ0) is 31.2. The minimum Gasteiger partial charge on any atom is -0.458 e. The number of nitrogens with one attached hydrogen (secondary N) is 2. The number of halogens is 2. The lowest BCUT2D eigenvalue weighted by Crippen LogP contribution is -2.44. The topological polar surface area (TPSA) is 175 Å². The lowest BCUT2D eigenvalue weighted by molar-refractivity contribution is -0.172. The standard InChI is InChI=1S/C29H31ClFN5O7/c1-4-29(41)19-7-23-25-17(10-36(23)27(39)18(19)11-42-28(29)40)16(15-6-20(30)21(31)8-22(15)35-25)9-33-24(37)5-13(2)43-12-34-26(38)14(3)32/h6-8,13-14,41H,4-5,9-12,32H2,1-3H3,(H,33,37)(H,34,38)/t13-,14+,29+/m1/s1. The van der Waals surface area contributed by atoms with E-state index in [1.165, 1.54) is 23.6 Å². The second kappa shape index (κ2) is 11.6. The van der Waals surface area contributed by atoms with Crippen LogP contribution in [0.1, 0.15) is 55.9 Å². The summed E-state index contributed by atoms with van der Waals surface area (Å²) < 4.78 is 26.6. The lowest BCUT2D eigenvalue weighted by atomic mass is 9.86. The van der Waals surface area contributed by atoms with Crippen LogP contribution in [0.4, 0.5) is 4.39 Å². The molecular formula is C29H31ClFN5O7. The minimum absolute atomic E-state index is 0.000754.